The van der Waals surface area contributed by atoms with E-state index in [1.54, 1.807) is 6.20 Å². The van der Waals surface area contributed by atoms with Gasteiger partial charge in [0.2, 0.25) is 0 Å². The van der Waals surface area contributed by atoms with Gasteiger partial charge in [0.05, 0.1) is 0 Å². The summed E-state index contributed by atoms with van der Waals surface area (Å²) in [7, 11) is 0. The first-order chi connectivity index (χ1) is 8.74. The molecule has 1 heterocycles. The summed E-state index contributed by atoms with van der Waals surface area (Å²) in [4.78, 5) is 8.11. The maximum Gasteiger partial charge on any atom is 0.183 e. The minimum Gasteiger partial charge on any atom is -0.338 e. The molecule has 0 saturated heterocycles. The van der Waals surface area contributed by atoms with Crippen molar-refractivity contribution in [2.24, 2.45) is 0 Å². The topological polar surface area (TPSA) is 61.6 Å². The van der Waals surface area contributed by atoms with Crippen molar-refractivity contribution in [3.63, 3.8) is 0 Å². The van der Waals surface area contributed by atoms with Crippen LogP contribution in [0.5, 0.6) is 0 Å². The Morgan fingerprint density at radius 1 is 1.33 bits per heavy atom. The zero-order valence-electron chi connectivity index (χ0n) is 9.81. The Kier molecular flexibility index (Phi) is 3.90. The van der Waals surface area contributed by atoms with Crippen LogP contribution in [-0.4, -0.2) is 9.97 Å². The van der Waals surface area contributed by atoms with E-state index in [1.165, 1.54) is 6.20 Å². The number of nitrogens with zero attached hydrogens (tertiary/aromatic N) is 3. The van der Waals surface area contributed by atoms with Gasteiger partial charge >= 0.3 is 0 Å². The van der Waals surface area contributed by atoms with Gasteiger partial charge in [-0.05, 0) is 30.2 Å². The number of hydrogen-bond donors (Lipinski definition) is 1. The number of rotatable bonds is 3. The normalized spacial score (nSPS) is 9.83. The molecule has 0 unspecified atom stereocenters. The first-order valence-corrected chi connectivity index (χ1v) is 6.30. The Labute approximate surface area is 114 Å². The molecule has 18 heavy (non-hydrogen) atoms. The van der Waals surface area contributed by atoms with Gasteiger partial charge in [-0.15, -0.1) is 0 Å². The third kappa shape index (κ3) is 2.66. The second-order valence-electron chi connectivity index (χ2n) is 3.65. The molecule has 0 spiro atoms. The van der Waals surface area contributed by atoms with E-state index in [9.17, 15) is 0 Å². The third-order valence-electron chi connectivity index (χ3n) is 2.51. The molecule has 0 fully saturated rings. The highest BCUT2D eigenvalue weighted by Crippen LogP contribution is 2.24. The van der Waals surface area contributed by atoms with Crippen molar-refractivity contribution < 1.29 is 0 Å². The van der Waals surface area contributed by atoms with Gasteiger partial charge in [-0.3, -0.25) is 0 Å². The Balaban J connectivity index is 2.37. The van der Waals surface area contributed by atoms with E-state index < -0.39 is 0 Å². The largest absolute Gasteiger partial charge is 0.338 e. The highest BCUT2D eigenvalue weighted by Gasteiger charge is 2.07. The smallest absolute Gasteiger partial charge is 0.183 e. The minimum absolute atomic E-state index is 0.294. The van der Waals surface area contributed by atoms with Gasteiger partial charge in [-0.25, -0.2) is 9.97 Å². The Morgan fingerprint density at radius 3 is 2.83 bits per heavy atom. The molecule has 0 aliphatic carbocycles. The molecule has 1 aromatic heterocycles. The number of anilines is 2. The number of aryl methyl sites for hydroxylation is 1. The molecule has 0 bridgehead atoms. The molecule has 0 radical (unpaired) electrons. The van der Waals surface area contributed by atoms with Gasteiger partial charge in [-0.2, -0.15) is 5.26 Å². The molecule has 2 aromatic rings. The highest BCUT2D eigenvalue weighted by atomic mass is 79.9. The Morgan fingerprint density at radius 2 is 2.11 bits per heavy atom. The quantitative estimate of drug-likeness (QED) is 0.943. The fraction of sp³-hybridized carbons (Fsp3) is 0.154. The zero-order chi connectivity index (χ0) is 13.0. The highest BCUT2D eigenvalue weighted by molar-refractivity contribution is 9.10. The summed E-state index contributed by atoms with van der Waals surface area (Å²) in [5.41, 5.74) is 2.39. The number of aromatic nitrogens is 2. The van der Waals surface area contributed by atoms with Crippen molar-refractivity contribution in [3.05, 3.63) is 46.3 Å². The van der Waals surface area contributed by atoms with Gasteiger partial charge in [0.15, 0.2) is 11.5 Å². The number of nitrogens with one attached hydrogen (secondary N) is 1. The van der Waals surface area contributed by atoms with Crippen LogP contribution in [0, 0.1) is 11.3 Å². The van der Waals surface area contributed by atoms with Crippen molar-refractivity contribution in [2.45, 2.75) is 13.3 Å². The zero-order valence-corrected chi connectivity index (χ0v) is 11.4. The molecule has 90 valence electrons. The molecule has 1 N–H and O–H groups in total. The summed E-state index contributed by atoms with van der Waals surface area (Å²) < 4.78 is 1.03. The molecular formula is C13H11BrN4. The lowest BCUT2D eigenvalue weighted by atomic mass is 10.1. The van der Waals surface area contributed by atoms with Gasteiger partial charge in [0.25, 0.3) is 0 Å². The van der Waals surface area contributed by atoms with Crippen LogP contribution in [-0.2, 0) is 6.42 Å². The monoisotopic (exact) mass is 302 g/mol. The predicted molar refractivity (Wildman–Crippen MR) is 73.5 cm³/mol. The lowest BCUT2D eigenvalue weighted by Gasteiger charge is -2.11. The standard InChI is InChI=1S/C13H11BrN4/c1-2-9-7-10(14)3-4-11(9)18-13-12(8-15)16-5-6-17-13/h3-7H,2H2,1H3,(H,17,18). The summed E-state index contributed by atoms with van der Waals surface area (Å²) >= 11 is 3.44. The first kappa shape index (κ1) is 12.5. The predicted octanol–water partition coefficient (Wildman–Crippen LogP) is 3.42. The van der Waals surface area contributed by atoms with Crippen molar-refractivity contribution in [1.82, 2.24) is 9.97 Å². The van der Waals surface area contributed by atoms with Gasteiger partial charge in [0, 0.05) is 22.6 Å². The third-order valence-corrected chi connectivity index (χ3v) is 3.00. The van der Waals surface area contributed by atoms with Crippen LogP contribution in [0.4, 0.5) is 11.5 Å². The fourth-order valence-electron chi connectivity index (χ4n) is 1.62. The molecule has 0 saturated carbocycles. The van der Waals surface area contributed by atoms with Crippen LogP contribution >= 0.6 is 15.9 Å². The van der Waals surface area contributed by atoms with Crippen LogP contribution < -0.4 is 5.32 Å². The van der Waals surface area contributed by atoms with Gasteiger partial charge < -0.3 is 5.32 Å². The van der Waals surface area contributed by atoms with E-state index in [0.29, 0.717) is 11.5 Å². The Bertz CT molecular complexity index is 604. The van der Waals surface area contributed by atoms with E-state index in [-0.39, 0.29) is 0 Å². The van der Waals surface area contributed by atoms with E-state index in [0.717, 1.165) is 22.1 Å². The van der Waals surface area contributed by atoms with Crippen LogP contribution in [0.15, 0.2) is 35.1 Å². The first-order valence-electron chi connectivity index (χ1n) is 5.51. The summed E-state index contributed by atoms with van der Waals surface area (Å²) in [6.07, 6.45) is 3.96. The van der Waals surface area contributed by atoms with Gasteiger partial charge in [-0.1, -0.05) is 22.9 Å². The number of hydrogen-bond acceptors (Lipinski definition) is 4. The maximum atomic E-state index is 8.97. The molecule has 2 rings (SSSR count). The molecule has 0 aliphatic rings. The number of halogens is 1. The molecular weight excluding hydrogens is 292 g/mol. The summed E-state index contributed by atoms with van der Waals surface area (Å²) in [6.45, 7) is 2.08. The average Bonchev–Trinajstić information content (AvgIpc) is 2.41. The lowest BCUT2D eigenvalue weighted by Crippen LogP contribution is -2.01. The second-order valence-corrected chi connectivity index (χ2v) is 4.56. The van der Waals surface area contributed by atoms with E-state index in [2.05, 4.69) is 38.1 Å². The summed E-state index contributed by atoms with van der Waals surface area (Å²) in [6, 6.07) is 7.97. The van der Waals surface area contributed by atoms with Crippen LogP contribution in [0.1, 0.15) is 18.2 Å². The lowest BCUT2D eigenvalue weighted by molar-refractivity contribution is 1.12. The number of nitriles is 1. The van der Waals surface area contributed by atoms with Gasteiger partial charge in [0.1, 0.15) is 6.07 Å². The number of benzene rings is 1. The van der Waals surface area contributed by atoms with Crippen LogP contribution in [0.25, 0.3) is 0 Å². The van der Waals surface area contributed by atoms with Crippen molar-refractivity contribution in [2.75, 3.05) is 5.32 Å². The van der Waals surface area contributed by atoms with E-state index in [4.69, 9.17) is 5.26 Å². The molecule has 4 nitrogen and oxygen atoms in total. The Hall–Kier alpha value is -1.93. The maximum absolute atomic E-state index is 8.97. The molecule has 1 aromatic carbocycles. The van der Waals surface area contributed by atoms with Crippen molar-refractivity contribution in [3.8, 4) is 6.07 Å². The van der Waals surface area contributed by atoms with Crippen molar-refractivity contribution in [1.29, 1.82) is 5.26 Å². The van der Waals surface area contributed by atoms with Crippen LogP contribution in [0.3, 0.4) is 0 Å². The average molecular weight is 303 g/mol. The van der Waals surface area contributed by atoms with E-state index >= 15 is 0 Å². The SMILES string of the molecule is CCc1cc(Br)ccc1Nc1nccnc1C#N. The minimum atomic E-state index is 0.294. The second kappa shape index (κ2) is 5.61. The van der Waals surface area contributed by atoms with Crippen LogP contribution in [0.2, 0.25) is 0 Å². The fourth-order valence-corrected chi connectivity index (χ4v) is 2.02. The molecule has 0 amide bonds. The summed E-state index contributed by atoms with van der Waals surface area (Å²) in [5.74, 6) is 0.483. The molecule has 0 atom stereocenters. The van der Waals surface area contributed by atoms with Crippen molar-refractivity contribution >= 4 is 27.4 Å². The molecule has 0 aliphatic heterocycles. The van der Waals surface area contributed by atoms with E-state index in [1.807, 2.05) is 24.3 Å². The molecule has 5 heteroatoms. The summed E-state index contributed by atoms with van der Waals surface area (Å²) in [5, 5.41) is 12.1.